The monoisotopic (exact) mass is 292 g/mol. The number of rotatable bonds is 3. The number of benzene rings is 1. The lowest BCUT2D eigenvalue weighted by Gasteiger charge is -2.19. The summed E-state index contributed by atoms with van der Waals surface area (Å²) < 4.78 is 0. The Morgan fingerprint density at radius 2 is 1.18 bits per heavy atom. The molecule has 4 rings (SSSR count). The van der Waals surface area contributed by atoms with Crippen molar-refractivity contribution >= 4 is 16.7 Å². The summed E-state index contributed by atoms with van der Waals surface area (Å²) in [5.74, 6) is 0.471. The van der Waals surface area contributed by atoms with E-state index in [1.165, 1.54) is 66.4 Å². The summed E-state index contributed by atoms with van der Waals surface area (Å²) in [5.41, 5.74) is 8.17. The van der Waals surface area contributed by atoms with Crippen LogP contribution in [-0.4, -0.2) is 5.11 Å². The molecule has 1 nitrogen and oxygen atoms in total. The molecule has 0 spiro atoms. The van der Waals surface area contributed by atoms with E-state index < -0.39 is 0 Å². The minimum absolute atomic E-state index is 0.471. The molecule has 3 aliphatic carbocycles. The first-order valence-corrected chi connectivity index (χ1v) is 8.79. The first-order valence-electron chi connectivity index (χ1n) is 8.79. The lowest BCUT2D eigenvalue weighted by atomic mass is 9.86. The fourth-order valence-electron chi connectivity index (χ4n) is 4.23. The molecule has 1 aromatic rings. The minimum atomic E-state index is 0.471. The van der Waals surface area contributed by atoms with E-state index >= 15 is 0 Å². The molecule has 0 aliphatic heterocycles. The number of phenols is 1. The number of allylic oxidation sites excluding steroid dienone is 6. The first-order chi connectivity index (χ1) is 10.8. The lowest BCUT2D eigenvalue weighted by molar-refractivity contribution is 0.473. The van der Waals surface area contributed by atoms with Crippen LogP contribution in [0.25, 0.3) is 16.7 Å². The van der Waals surface area contributed by atoms with Crippen LogP contribution in [0, 0.1) is 0 Å². The molecule has 0 aromatic heterocycles. The van der Waals surface area contributed by atoms with Crippen LogP contribution in [-0.2, 0) is 0 Å². The van der Waals surface area contributed by atoms with Gasteiger partial charge in [-0.25, -0.2) is 0 Å². The summed E-state index contributed by atoms with van der Waals surface area (Å²) in [4.78, 5) is 0. The fraction of sp³-hybridized carbons (Fsp3) is 0.429. The van der Waals surface area contributed by atoms with E-state index in [0.29, 0.717) is 5.75 Å². The molecular weight excluding hydrogens is 268 g/mol. The summed E-state index contributed by atoms with van der Waals surface area (Å²) >= 11 is 0. The summed E-state index contributed by atoms with van der Waals surface area (Å²) in [7, 11) is 0. The Bertz CT molecular complexity index is 688. The SMILES string of the molecule is Oc1ccc(C2=CCCC2)c(C2=CCCC2)c1C1=CCCC1. The molecule has 0 saturated heterocycles. The third-order valence-corrected chi connectivity index (χ3v) is 5.29. The third kappa shape index (κ3) is 2.33. The van der Waals surface area contributed by atoms with Gasteiger partial charge in [0.25, 0.3) is 0 Å². The van der Waals surface area contributed by atoms with E-state index in [4.69, 9.17) is 0 Å². The average Bonchev–Trinajstić information content (AvgIpc) is 3.28. The van der Waals surface area contributed by atoms with Gasteiger partial charge in [-0.15, -0.1) is 0 Å². The van der Waals surface area contributed by atoms with Crippen LogP contribution in [0.5, 0.6) is 5.75 Å². The molecule has 0 unspecified atom stereocenters. The molecule has 1 heteroatoms. The van der Waals surface area contributed by atoms with Crippen molar-refractivity contribution in [3.63, 3.8) is 0 Å². The lowest BCUT2D eigenvalue weighted by Crippen LogP contribution is -1.98. The standard InChI is InChI=1S/C21H24O/c22-19-14-13-18(15-7-1-2-8-15)20(16-9-3-4-10-16)21(19)17-11-5-6-12-17/h7,9,11,13-14,22H,1-6,8,10,12H2. The topological polar surface area (TPSA) is 20.2 Å². The van der Waals surface area contributed by atoms with E-state index in [0.717, 1.165) is 24.8 Å². The molecule has 0 atom stereocenters. The van der Waals surface area contributed by atoms with Crippen molar-refractivity contribution in [1.29, 1.82) is 0 Å². The van der Waals surface area contributed by atoms with Crippen molar-refractivity contribution < 1.29 is 5.11 Å². The smallest absolute Gasteiger partial charge is 0.123 e. The molecule has 0 bridgehead atoms. The van der Waals surface area contributed by atoms with Crippen LogP contribution in [0.1, 0.15) is 74.5 Å². The molecule has 114 valence electrons. The molecule has 3 aliphatic rings. The maximum Gasteiger partial charge on any atom is 0.123 e. The zero-order valence-electron chi connectivity index (χ0n) is 13.2. The highest BCUT2D eigenvalue weighted by atomic mass is 16.3. The Balaban J connectivity index is 1.93. The minimum Gasteiger partial charge on any atom is -0.507 e. The van der Waals surface area contributed by atoms with Crippen LogP contribution in [0.15, 0.2) is 30.4 Å². The van der Waals surface area contributed by atoms with Crippen LogP contribution >= 0.6 is 0 Å². The Morgan fingerprint density at radius 3 is 1.73 bits per heavy atom. The Kier molecular flexibility index (Phi) is 3.65. The van der Waals surface area contributed by atoms with Gasteiger partial charge in [0.1, 0.15) is 5.75 Å². The Hall–Kier alpha value is -1.76. The predicted molar refractivity (Wildman–Crippen MR) is 93.6 cm³/mol. The zero-order valence-corrected chi connectivity index (χ0v) is 13.2. The van der Waals surface area contributed by atoms with Crippen molar-refractivity contribution in [2.45, 2.75) is 57.8 Å². The zero-order chi connectivity index (χ0) is 14.9. The van der Waals surface area contributed by atoms with Gasteiger partial charge in [0.05, 0.1) is 0 Å². The molecule has 0 fully saturated rings. The van der Waals surface area contributed by atoms with Gasteiger partial charge < -0.3 is 5.11 Å². The quantitative estimate of drug-likeness (QED) is 0.714. The van der Waals surface area contributed by atoms with Crippen LogP contribution in [0.3, 0.4) is 0 Å². The highest BCUT2D eigenvalue weighted by Gasteiger charge is 2.24. The van der Waals surface area contributed by atoms with Crippen molar-refractivity contribution in [3.05, 3.63) is 47.1 Å². The van der Waals surface area contributed by atoms with Gasteiger partial charge >= 0.3 is 0 Å². The number of hydrogen-bond acceptors (Lipinski definition) is 1. The summed E-state index contributed by atoms with van der Waals surface area (Å²) in [5, 5.41) is 10.6. The molecular formula is C21H24O. The number of hydrogen-bond donors (Lipinski definition) is 1. The highest BCUT2D eigenvalue weighted by molar-refractivity contribution is 5.90. The molecule has 22 heavy (non-hydrogen) atoms. The molecule has 0 amide bonds. The van der Waals surface area contributed by atoms with Crippen LogP contribution in [0.4, 0.5) is 0 Å². The molecule has 0 saturated carbocycles. The van der Waals surface area contributed by atoms with Gasteiger partial charge in [-0.3, -0.25) is 0 Å². The van der Waals surface area contributed by atoms with Gasteiger partial charge in [-0.05, 0) is 91.7 Å². The Morgan fingerprint density at radius 1 is 0.636 bits per heavy atom. The maximum atomic E-state index is 10.6. The summed E-state index contributed by atoms with van der Waals surface area (Å²) in [6.07, 6.45) is 17.9. The second-order valence-electron chi connectivity index (χ2n) is 6.75. The predicted octanol–water partition coefficient (Wildman–Crippen LogP) is 6.09. The fourth-order valence-corrected chi connectivity index (χ4v) is 4.23. The van der Waals surface area contributed by atoms with E-state index in [2.05, 4.69) is 24.3 Å². The summed E-state index contributed by atoms with van der Waals surface area (Å²) in [6, 6.07) is 4.07. The van der Waals surface area contributed by atoms with E-state index in [-0.39, 0.29) is 0 Å². The van der Waals surface area contributed by atoms with Crippen molar-refractivity contribution in [1.82, 2.24) is 0 Å². The van der Waals surface area contributed by atoms with Gasteiger partial charge in [0.15, 0.2) is 0 Å². The molecule has 0 heterocycles. The van der Waals surface area contributed by atoms with Crippen molar-refractivity contribution in [2.24, 2.45) is 0 Å². The van der Waals surface area contributed by atoms with Gasteiger partial charge in [-0.1, -0.05) is 24.3 Å². The van der Waals surface area contributed by atoms with E-state index in [1.807, 2.05) is 6.07 Å². The molecule has 1 N–H and O–H groups in total. The molecule has 0 radical (unpaired) electrons. The van der Waals surface area contributed by atoms with Gasteiger partial charge in [0.2, 0.25) is 0 Å². The van der Waals surface area contributed by atoms with Crippen LogP contribution < -0.4 is 0 Å². The molecule has 1 aromatic carbocycles. The summed E-state index contributed by atoms with van der Waals surface area (Å²) in [6.45, 7) is 0. The van der Waals surface area contributed by atoms with E-state index in [1.54, 1.807) is 0 Å². The first kappa shape index (κ1) is 13.9. The van der Waals surface area contributed by atoms with Gasteiger partial charge in [0, 0.05) is 5.56 Å². The maximum absolute atomic E-state index is 10.6. The average molecular weight is 292 g/mol. The largest absolute Gasteiger partial charge is 0.507 e. The third-order valence-electron chi connectivity index (χ3n) is 5.29. The second kappa shape index (κ2) is 5.79. The highest BCUT2D eigenvalue weighted by Crippen LogP contribution is 2.45. The van der Waals surface area contributed by atoms with E-state index in [9.17, 15) is 5.11 Å². The van der Waals surface area contributed by atoms with Crippen molar-refractivity contribution in [2.75, 3.05) is 0 Å². The van der Waals surface area contributed by atoms with Crippen molar-refractivity contribution in [3.8, 4) is 5.75 Å². The number of aromatic hydroxyl groups is 1. The number of phenolic OH excluding ortho intramolecular Hbond substituents is 1. The van der Waals surface area contributed by atoms with Crippen LogP contribution in [0.2, 0.25) is 0 Å². The Labute approximate surface area is 133 Å². The normalized spacial score (nSPS) is 21.0. The van der Waals surface area contributed by atoms with Gasteiger partial charge in [-0.2, -0.15) is 0 Å². The second-order valence-corrected chi connectivity index (χ2v) is 6.75.